The fraction of sp³-hybridized carbons (Fsp3) is 0.267. The molecule has 4 amide bonds. The molecule has 34 nitrogen and oxygen atoms in total. The summed E-state index contributed by atoms with van der Waals surface area (Å²) in [5.41, 5.74) is -5.59. The number of hydrogen-bond acceptors (Lipinski definition) is 24. The Morgan fingerprint density at radius 1 is 0.367 bits per heavy atom. The lowest BCUT2D eigenvalue weighted by Crippen LogP contribution is -2.49. The predicted molar refractivity (Wildman–Crippen MR) is 391 cm³/mol. The summed E-state index contributed by atoms with van der Waals surface area (Å²) < 4.78 is 50.5. The Hall–Kier alpha value is -14.0. The average molecular weight is 1510 g/mol. The van der Waals surface area contributed by atoms with E-state index in [-0.39, 0.29) is 65.9 Å². The van der Waals surface area contributed by atoms with E-state index in [0.29, 0.717) is 57.5 Å². The van der Waals surface area contributed by atoms with E-state index >= 15 is 0 Å². The number of para-hydroxylation sites is 8. The normalized spacial score (nSPS) is 10.8. The number of carboxylic acid groups (broad SMARTS) is 2. The van der Waals surface area contributed by atoms with Crippen molar-refractivity contribution >= 4 is 64.3 Å². The van der Waals surface area contributed by atoms with Gasteiger partial charge in [0.15, 0.2) is 68.4 Å². The summed E-state index contributed by atoms with van der Waals surface area (Å²) in [6.07, 6.45) is 0. The van der Waals surface area contributed by atoms with Crippen molar-refractivity contribution in [3.05, 3.63) is 235 Å². The molecule has 8 aromatic rings. The van der Waals surface area contributed by atoms with Crippen LogP contribution in [0.3, 0.4) is 0 Å². The van der Waals surface area contributed by atoms with Gasteiger partial charge in [0, 0.05) is 54.6 Å². The van der Waals surface area contributed by atoms with Crippen molar-refractivity contribution in [2.24, 2.45) is 0 Å². The van der Waals surface area contributed by atoms with Crippen LogP contribution in [0.5, 0.6) is 69.0 Å². The molecule has 0 saturated heterocycles. The second kappa shape index (κ2) is 39.8. The number of amides is 4. The van der Waals surface area contributed by atoms with E-state index in [1.165, 1.54) is 125 Å². The largest absolute Gasteiger partial charge is 0.480 e. The van der Waals surface area contributed by atoms with Gasteiger partial charge < -0.3 is 74.1 Å². The zero-order valence-electron chi connectivity index (χ0n) is 60.9. The van der Waals surface area contributed by atoms with E-state index in [9.17, 15) is 74.0 Å². The first-order valence-corrected chi connectivity index (χ1v) is 32.9. The number of nitro benzene ring substituents is 4. The highest BCUT2D eigenvalue weighted by molar-refractivity contribution is 5.90. The summed E-state index contributed by atoms with van der Waals surface area (Å²) in [5, 5.41) is 70.6. The minimum atomic E-state index is -1.42. The van der Waals surface area contributed by atoms with Crippen molar-refractivity contribution in [3.63, 3.8) is 0 Å². The molecule has 0 heterocycles. The van der Waals surface area contributed by atoms with E-state index < -0.39 is 84.3 Å². The van der Waals surface area contributed by atoms with Crippen LogP contribution >= 0.6 is 0 Å². The summed E-state index contributed by atoms with van der Waals surface area (Å²) in [7, 11) is 0. The molecule has 0 aliphatic rings. The van der Waals surface area contributed by atoms with Gasteiger partial charge in [0.2, 0.25) is 5.91 Å². The fourth-order valence-electron chi connectivity index (χ4n) is 8.50. The number of carbonyl (C=O) groups excluding carboxylic acids is 5. The molecule has 0 aliphatic carbocycles. The SMILES string of the molecule is CC(C)(Oc1ccccc1Oc1ccc([N+](=O)[O-])cc1)C(=O)NCC(=O)O.CC(C)(Oc1ccccc1Oc1ccc([N+](=O)[O-])cc1)C(=O)O.CC(C)NC(=O)CNC(=O)C(C)(C)Oc1ccccc1Oc1ccc([N+](=O)[O-])cc1.CCOC(=O)CNC(=O)C(C)(C)Oc1ccccc1Oc1ccc([N+](=O)[O-])cc1. The van der Waals surface area contributed by atoms with E-state index in [1.807, 2.05) is 13.8 Å². The van der Waals surface area contributed by atoms with Gasteiger partial charge in [-0.05, 0) is 173 Å². The van der Waals surface area contributed by atoms with E-state index in [2.05, 4.69) is 21.3 Å². The van der Waals surface area contributed by atoms with E-state index in [1.54, 1.807) is 132 Å². The Bertz CT molecular complexity index is 4490. The number of carboxylic acids is 2. The number of esters is 1. The van der Waals surface area contributed by atoms with Gasteiger partial charge in [-0.15, -0.1) is 0 Å². The highest BCUT2D eigenvalue weighted by atomic mass is 16.6. The summed E-state index contributed by atoms with van der Waals surface area (Å²) in [4.78, 5) is 123. The molecular weight excluding hydrogens is 1430 g/mol. The van der Waals surface area contributed by atoms with Gasteiger partial charge in [0.25, 0.3) is 40.5 Å². The third-order valence-corrected chi connectivity index (χ3v) is 14.1. The standard InChI is InChI=1S/C21H25N3O6.C20H22N2O7.C18H18N2O7.C16H15NO6/c1-14(2)23-19(25)13-22-20(26)21(3,4)30-18-8-6-5-7-17(18)29-16-11-9-15(10-12-16)24(27)28;1-4-27-18(23)13-21-19(24)20(2,3)29-17-8-6-5-7-16(17)28-15-11-9-14(10-12-15)22(25)26;1-18(2,17(23)19-11-16(21)22)27-15-6-4-3-5-14(15)26-13-9-7-12(8-10-13)20(24)25;1-16(2,15(18)19)23-14-6-4-3-5-13(14)22-12-9-7-11(8-10-12)17(20)21/h5-12,14H,13H2,1-4H3,(H,22,26)(H,23,25);5-12H,4,13H2,1-3H3,(H,21,24);3-10H,11H2,1-2H3,(H,19,23)(H,21,22);3-10H,1-2H3,(H,18,19). The maximum absolute atomic E-state index is 12.5. The molecule has 0 aliphatic heterocycles. The van der Waals surface area contributed by atoms with Gasteiger partial charge in [-0.2, -0.15) is 0 Å². The van der Waals surface area contributed by atoms with Crippen LogP contribution in [-0.4, -0.2) is 126 Å². The number of nitrogens with one attached hydrogen (secondary N) is 4. The third-order valence-electron chi connectivity index (χ3n) is 14.1. The van der Waals surface area contributed by atoms with Crippen molar-refractivity contribution < 1.29 is 106 Å². The predicted octanol–water partition coefficient (Wildman–Crippen LogP) is 12.8. The molecule has 0 bridgehead atoms. The maximum Gasteiger partial charge on any atom is 0.347 e. The molecule has 0 atom stereocenters. The second-order valence-electron chi connectivity index (χ2n) is 24.9. The zero-order chi connectivity index (χ0) is 80.8. The van der Waals surface area contributed by atoms with Crippen molar-refractivity contribution in [1.82, 2.24) is 21.3 Å². The third kappa shape index (κ3) is 28.2. The van der Waals surface area contributed by atoms with Crippen LogP contribution in [0.25, 0.3) is 0 Å². The van der Waals surface area contributed by atoms with Crippen molar-refractivity contribution in [1.29, 1.82) is 0 Å². The Morgan fingerprint density at radius 2 is 0.606 bits per heavy atom. The number of nitro groups is 4. The first-order chi connectivity index (χ1) is 51.3. The number of ether oxygens (including phenoxy) is 9. The van der Waals surface area contributed by atoms with Crippen LogP contribution in [0, 0.1) is 40.5 Å². The Labute approximate surface area is 623 Å². The van der Waals surface area contributed by atoms with Crippen molar-refractivity contribution in [2.45, 2.75) is 105 Å². The summed E-state index contributed by atoms with van der Waals surface area (Å²) in [6.45, 7) is 16.7. The molecule has 6 N–H and O–H groups in total. The first kappa shape index (κ1) is 85.7. The van der Waals surface area contributed by atoms with Crippen LogP contribution < -0.4 is 59.2 Å². The van der Waals surface area contributed by atoms with Crippen molar-refractivity contribution in [2.75, 3.05) is 26.2 Å². The lowest BCUT2D eigenvalue weighted by molar-refractivity contribution is -0.385. The van der Waals surface area contributed by atoms with Crippen LogP contribution in [-0.2, 0) is 38.3 Å². The Kier molecular flexibility index (Phi) is 31.3. The summed E-state index contributed by atoms with van der Waals surface area (Å²) in [5.74, 6) is -0.812. The number of non-ortho nitro benzene ring substituents is 4. The number of carbonyl (C=O) groups is 7. The van der Waals surface area contributed by atoms with Gasteiger partial charge in [-0.1, -0.05) is 48.5 Å². The molecule has 8 rings (SSSR count). The van der Waals surface area contributed by atoms with Gasteiger partial charge in [0.1, 0.15) is 36.1 Å². The number of nitrogens with zero attached hydrogens (tertiary/aromatic N) is 4. The molecule has 576 valence electrons. The Balaban J connectivity index is 0.000000261. The zero-order valence-corrected chi connectivity index (χ0v) is 60.9. The first-order valence-electron chi connectivity index (χ1n) is 32.9. The van der Waals surface area contributed by atoms with Gasteiger partial charge >= 0.3 is 17.9 Å². The molecule has 34 heteroatoms. The highest BCUT2D eigenvalue weighted by Gasteiger charge is 2.35. The van der Waals surface area contributed by atoms with E-state index in [4.69, 9.17) is 52.8 Å². The molecule has 0 fully saturated rings. The minimum Gasteiger partial charge on any atom is -0.480 e. The number of benzene rings is 8. The molecule has 0 radical (unpaired) electrons. The number of aliphatic carboxylic acids is 2. The average Bonchev–Trinajstić information content (AvgIpc) is 0.839. The molecule has 8 aromatic carbocycles. The monoisotopic (exact) mass is 1510 g/mol. The summed E-state index contributed by atoms with van der Waals surface area (Å²) in [6, 6.07) is 48.9. The number of rotatable bonds is 32. The molecule has 0 aromatic heterocycles. The fourth-order valence-corrected chi connectivity index (χ4v) is 8.50. The van der Waals surface area contributed by atoms with Crippen LogP contribution in [0.15, 0.2) is 194 Å². The molecule has 0 saturated carbocycles. The maximum atomic E-state index is 12.5. The number of hydrogen-bond donors (Lipinski definition) is 6. The smallest absolute Gasteiger partial charge is 0.347 e. The lowest BCUT2D eigenvalue weighted by atomic mass is 10.1. The van der Waals surface area contributed by atoms with Crippen LogP contribution in [0.2, 0.25) is 0 Å². The lowest BCUT2D eigenvalue weighted by Gasteiger charge is -2.26. The minimum absolute atomic E-state index is 0.0258. The summed E-state index contributed by atoms with van der Waals surface area (Å²) >= 11 is 0. The van der Waals surface area contributed by atoms with E-state index in [0.717, 1.165) is 0 Å². The Morgan fingerprint density at radius 3 is 0.835 bits per heavy atom. The van der Waals surface area contributed by atoms with Gasteiger partial charge in [0.05, 0.1) is 32.8 Å². The van der Waals surface area contributed by atoms with Crippen LogP contribution in [0.4, 0.5) is 22.7 Å². The van der Waals surface area contributed by atoms with Gasteiger partial charge in [-0.25, -0.2) is 4.79 Å². The van der Waals surface area contributed by atoms with Crippen molar-refractivity contribution in [3.8, 4) is 69.0 Å². The van der Waals surface area contributed by atoms with Gasteiger partial charge in [-0.3, -0.25) is 69.2 Å². The topological polar surface area (TPSA) is 464 Å². The molecule has 0 spiro atoms. The molecular formula is C75H80N8O26. The van der Waals surface area contributed by atoms with Crippen LogP contribution in [0.1, 0.15) is 76.2 Å². The molecule has 0 unspecified atom stereocenters. The quantitative estimate of drug-likeness (QED) is 0.0130. The molecule has 109 heavy (non-hydrogen) atoms. The highest BCUT2D eigenvalue weighted by Crippen LogP contribution is 2.39. The second-order valence-corrected chi connectivity index (χ2v) is 24.9.